The first-order valence-corrected chi connectivity index (χ1v) is 5.50. The number of carboxylic acids is 1. The minimum Gasteiger partial charge on any atom is -0.481 e. The van der Waals surface area contributed by atoms with E-state index >= 15 is 0 Å². The molecule has 0 spiro atoms. The zero-order valence-electron chi connectivity index (χ0n) is 9.74. The van der Waals surface area contributed by atoms with Crippen LogP contribution < -0.4 is 0 Å². The molecule has 0 aliphatic carbocycles. The van der Waals surface area contributed by atoms with Crippen molar-refractivity contribution in [1.29, 1.82) is 0 Å². The predicted octanol–water partition coefficient (Wildman–Crippen LogP) is 2.87. The van der Waals surface area contributed by atoms with Crippen LogP contribution in [0.4, 0.5) is 4.39 Å². The quantitative estimate of drug-likeness (QED) is 0.795. The van der Waals surface area contributed by atoms with Crippen LogP contribution >= 0.6 is 0 Å². The molecule has 1 aromatic carbocycles. The lowest BCUT2D eigenvalue weighted by molar-refractivity contribution is -0.141. The molecule has 0 bridgehead atoms. The average molecular weight is 234 g/mol. The SMILES string of the molecule is CC#CCCC(Cc1cccc(F)c1)C(=O)O. The Kier molecular flexibility index (Phi) is 5.22. The van der Waals surface area contributed by atoms with Crippen LogP contribution in [0, 0.1) is 23.6 Å². The minimum atomic E-state index is -0.854. The maximum atomic E-state index is 13.0. The predicted molar refractivity (Wildman–Crippen MR) is 63.9 cm³/mol. The van der Waals surface area contributed by atoms with E-state index in [0.717, 1.165) is 0 Å². The number of hydrogen-bond donors (Lipinski definition) is 1. The van der Waals surface area contributed by atoms with Crippen molar-refractivity contribution in [2.45, 2.75) is 26.2 Å². The summed E-state index contributed by atoms with van der Waals surface area (Å²) in [5.74, 6) is 3.89. The van der Waals surface area contributed by atoms with Gasteiger partial charge in [0.05, 0.1) is 5.92 Å². The van der Waals surface area contributed by atoms with Gasteiger partial charge in [-0.2, -0.15) is 0 Å². The van der Waals surface area contributed by atoms with Crippen molar-refractivity contribution in [3.8, 4) is 11.8 Å². The van der Waals surface area contributed by atoms with Gasteiger partial charge < -0.3 is 5.11 Å². The first-order valence-electron chi connectivity index (χ1n) is 5.50. The Hall–Kier alpha value is -1.82. The van der Waals surface area contributed by atoms with E-state index in [2.05, 4.69) is 11.8 Å². The molecule has 0 radical (unpaired) electrons. The van der Waals surface area contributed by atoms with Crippen molar-refractivity contribution >= 4 is 5.97 Å². The van der Waals surface area contributed by atoms with Crippen LogP contribution in [0.3, 0.4) is 0 Å². The molecule has 0 aromatic heterocycles. The Labute approximate surface area is 100 Å². The molecule has 3 heteroatoms. The van der Waals surface area contributed by atoms with Gasteiger partial charge >= 0.3 is 5.97 Å². The third kappa shape index (κ3) is 4.69. The van der Waals surface area contributed by atoms with Gasteiger partial charge in [0.2, 0.25) is 0 Å². The zero-order valence-corrected chi connectivity index (χ0v) is 9.74. The lowest BCUT2D eigenvalue weighted by atomic mass is 9.95. The van der Waals surface area contributed by atoms with E-state index in [9.17, 15) is 9.18 Å². The van der Waals surface area contributed by atoms with E-state index in [4.69, 9.17) is 5.11 Å². The Morgan fingerprint density at radius 2 is 2.29 bits per heavy atom. The zero-order chi connectivity index (χ0) is 12.7. The number of benzene rings is 1. The number of hydrogen-bond acceptors (Lipinski definition) is 1. The molecular weight excluding hydrogens is 219 g/mol. The molecule has 1 N–H and O–H groups in total. The molecule has 0 saturated carbocycles. The fraction of sp³-hybridized carbons (Fsp3) is 0.357. The number of carbonyl (C=O) groups is 1. The van der Waals surface area contributed by atoms with Crippen molar-refractivity contribution < 1.29 is 14.3 Å². The Balaban J connectivity index is 2.65. The van der Waals surface area contributed by atoms with Crippen LogP contribution in [0.2, 0.25) is 0 Å². The molecule has 0 heterocycles. The summed E-state index contributed by atoms with van der Waals surface area (Å²) < 4.78 is 13.0. The summed E-state index contributed by atoms with van der Waals surface area (Å²) in [6.07, 6.45) is 1.40. The fourth-order valence-corrected chi connectivity index (χ4v) is 1.63. The summed E-state index contributed by atoms with van der Waals surface area (Å²) >= 11 is 0. The molecule has 1 atom stereocenters. The summed E-state index contributed by atoms with van der Waals surface area (Å²) in [4.78, 5) is 11.0. The van der Waals surface area contributed by atoms with Gasteiger partial charge in [0.25, 0.3) is 0 Å². The Bertz CT molecular complexity index is 443. The number of aliphatic carboxylic acids is 1. The first-order chi connectivity index (χ1) is 8.13. The summed E-state index contributed by atoms with van der Waals surface area (Å²) in [5, 5.41) is 9.06. The van der Waals surface area contributed by atoms with Gasteiger partial charge in [-0.05, 0) is 37.5 Å². The monoisotopic (exact) mass is 234 g/mol. The standard InChI is InChI=1S/C14H15FO2/c1-2-3-4-7-12(14(16)17)9-11-6-5-8-13(15)10-11/h5-6,8,10,12H,4,7,9H2,1H3,(H,16,17). The van der Waals surface area contributed by atoms with Gasteiger partial charge in [0, 0.05) is 6.42 Å². The normalized spacial score (nSPS) is 11.4. The second-order valence-electron chi connectivity index (χ2n) is 3.83. The third-order valence-electron chi connectivity index (χ3n) is 2.51. The number of carboxylic acid groups (broad SMARTS) is 1. The lowest BCUT2D eigenvalue weighted by Crippen LogP contribution is -2.16. The third-order valence-corrected chi connectivity index (χ3v) is 2.51. The molecule has 0 aliphatic rings. The molecular formula is C14H15FO2. The second-order valence-corrected chi connectivity index (χ2v) is 3.83. The highest BCUT2D eigenvalue weighted by Crippen LogP contribution is 2.15. The van der Waals surface area contributed by atoms with E-state index in [0.29, 0.717) is 24.8 Å². The maximum Gasteiger partial charge on any atom is 0.306 e. The Morgan fingerprint density at radius 3 is 2.88 bits per heavy atom. The molecule has 0 saturated heterocycles. The second kappa shape index (κ2) is 6.70. The van der Waals surface area contributed by atoms with Gasteiger partial charge in [-0.25, -0.2) is 4.39 Å². The summed E-state index contributed by atoms with van der Waals surface area (Å²) in [5.41, 5.74) is 0.710. The van der Waals surface area contributed by atoms with Crippen LogP contribution in [0.15, 0.2) is 24.3 Å². The Morgan fingerprint density at radius 1 is 1.53 bits per heavy atom. The van der Waals surface area contributed by atoms with Crippen LogP contribution in [-0.4, -0.2) is 11.1 Å². The van der Waals surface area contributed by atoms with Crippen molar-refractivity contribution in [3.63, 3.8) is 0 Å². The molecule has 2 nitrogen and oxygen atoms in total. The van der Waals surface area contributed by atoms with E-state index in [1.165, 1.54) is 12.1 Å². The number of rotatable bonds is 5. The van der Waals surface area contributed by atoms with E-state index in [1.54, 1.807) is 19.1 Å². The highest BCUT2D eigenvalue weighted by atomic mass is 19.1. The molecule has 1 aromatic rings. The topological polar surface area (TPSA) is 37.3 Å². The summed E-state index contributed by atoms with van der Waals surface area (Å²) in [7, 11) is 0. The van der Waals surface area contributed by atoms with Gasteiger partial charge in [-0.3, -0.25) is 4.79 Å². The largest absolute Gasteiger partial charge is 0.481 e. The average Bonchev–Trinajstić information content (AvgIpc) is 2.28. The molecule has 90 valence electrons. The van der Waals surface area contributed by atoms with Crippen molar-refractivity contribution in [3.05, 3.63) is 35.6 Å². The molecule has 0 fully saturated rings. The molecule has 1 unspecified atom stereocenters. The van der Waals surface area contributed by atoms with Gasteiger partial charge in [-0.15, -0.1) is 11.8 Å². The van der Waals surface area contributed by atoms with Gasteiger partial charge in [0.1, 0.15) is 5.82 Å². The van der Waals surface area contributed by atoms with Crippen molar-refractivity contribution in [1.82, 2.24) is 0 Å². The summed E-state index contributed by atoms with van der Waals surface area (Å²) in [6.45, 7) is 1.72. The highest BCUT2D eigenvalue weighted by molar-refractivity contribution is 5.70. The lowest BCUT2D eigenvalue weighted by Gasteiger charge is -2.10. The van der Waals surface area contributed by atoms with Gasteiger partial charge in [0.15, 0.2) is 0 Å². The van der Waals surface area contributed by atoms with Gasteiger partial charge in [-0.1, -0.05) is 12.1 Å². The minimum absolute atomic E-state index is 0.333. The van der Waals surface area contributed by atoms with Crippen LogP contribution in [0.5, 0.6) is 0 Å². The molecule has 0 aliphatic heterocycles. The van der Waals surface area contributed by atoms with Crippen LogP contribution in [0.1, 0.15) is 25.3 Å². The fourth-order valence-electron chi connectivity index (χ4n) is 1.63. The van der Waals surface area contributed by atoms with Crippen LogP contribution in [-0.2, 0) is 11.2 Å². The molecule has 17 heavy (non-hydrogen) atoms. The summed E-state index contributed by atoms with van der Waals surface area (Å²) in [6, 6.07) is 6.06. The first kappa shape index (κ1) is 13.2. The van der Waals surface area contributed by atoms with E-state index in [1.807, 2.05) is 0 Å². The van der Waals surface area contributed by atoms with E-state index in [-0.39, 0.29) is 5.82 Å². The molecule has 1 rings (SSSR count). The number of halogens is 1. The van der Waals surface area contributed by atoms with Crippen molar-refractivity contribution in [2.75, 3.05) is 0 Å². The van der Waals surface area contributed by atoms with Crippen molar-refractivity contribution in [2.24, 2.45) is 5.92 Å². The molecule has 0 amide bonds. The smallest absolute Gasteiger partial charge is 0.306 e. The maximum absolute atomic E-state index is 13.0. The van der Waals surface area contributed by atoms with Crippen LogP contribution in [0.25, 0.3) is 0 Å². The van der Waals surface area contributed by atoms with E-state index < -0.39 is 11.9 Å². The highest BCUT2D eigenvalue weighted by Gasteiger charge is 2.17.